The highest BCUT2D eigenvalue weighted by Crippen LogP contribution is 2.43. The first-order chi connectivity index (χ1) is 9.26. The first kappa shape index (κ1) is 16.5. The van der Waals surface area contributed by atoms with Crippen LogP contribution < -0.4 is 5.32 Å². The number of carbonyl (C=O) groups excluding carboxylic acids is 2. The zero-order valence-electron chi connectivity index (χ0n) is 12.4. The van der Waals surface area contributed by atoms with E-state index in [2.05, 4.69) is 5.32 Å². The Morgan fingerprint density at radius 3 is 2.20 bits per heavy atom. The summed E-state index contributed by atoms with van der Waals surface area (Å²) in [6.45, 7) is 3.71. The van der Waals surface area contributed by atoms with E-state index in [0.29, 0.717) is 0 Å². The average molecular weight is 284 g/mol. The number of carboxylic acid groups (broad SMARTS) is 1. The van der Waals surface area contributed by atoms with Crippen LogP contribution in [-0.2, 0) is 9.59 Å². The van der Waals surface area contributed by atoms with E-state index in [1.165, 1.54) is 4.90 Å². The molecule has 2 N–H and O–H groups in total. The Hall–Kier alpha value is -1.59. The molecule has 0 aromatic carbocycles. The lowest BCUT2D eigenvalue weighted by atomic mass is 9.79. The van der Waals surface area contributed by atoms with Crippen molar-refractivity contribution in [3.63, 3.8) is 0 Å². The van der Waals surface area contributed by atoms with Gasteiger partial charge >= 0.3 is 12.0 Å². The Morgan fingerprint density at radius 2 is 1.75 bits per heavy atom. The molecule has 0 atom stereocenters. The zero-order chi connectivity index (χ0) is 15.3. The van der Waals surface area contributed by atoms with Gasteiger partial charge in [0.25, 0.3) is 0 Å². The Morgan fingerprint density at radius 1 is 1.20 bits per heavy atom. The van der Waals surface area contributed by atoms with E-state index in [1.807, 2.05) is 13.8 Å². The van der Waals surface area contributed by atoms with Crippen molar-refractivity contribution in [1.29, 1.82) is 0 Å². The smallest absolute Gasteiger partial charge is 0.324 e. The number of aliphatic carboxylic acids is 1. The summed E-state index contributed by atoms with van der Waals surface area (Å²) in [5.41, 5.74) is -0.480. The lowest BCUT2D eigenvalue weighted by Crippen LogP contribution is -2.45. The zero-order valence-corrected chi connectivity index (χ0v) is 12.4. The van der Waals surface area contributed by atoms with Crippen molar-refractivity contribution in [2.24, 2.45) is 5.41 Å². The van der Waals surface area contributed by atoms with Crippen LogP contribution in [0.2, 0.25) is 0 Å². The van der Waals surface area contributed by atoms with Crippen molar-refractivity contribution in [3.05, 3.63) is 0 Å². The molecule has 20 heavy (non-hydrogen) atoms. The van der Waals surface area contributed by atoms with Crippen LogP contribution in [0.1, 0.15) is 52.4 Å². The largest absolute Gasteiger partial charge is 0.481 e. The standard InChI is InChI=1S/C14H24N2O4/c1-10(2)16(3)13(20)15-11(17)8-14(9-12(18)19)6-4-5-7-14/h10H,4-9H2,1-3H3,(H,18,19)(H,15,17,20). The molecule has 3 amide bonds. The van der Waals surface area contributed by atoms with Crippen molar-refractivity contribution < 1.29 is 19.5 Å². The molecule has 0 aromatic heterocycles. The fourth-order valence-electron chi connectivity index (χ4n) is 2.69. The molecule has 0 unspecified atom stereocenters. The van der Waals surface area contributed by atoms with Crippen LogP contribution in [0.5, 0.6) is 0 Å². The van der Waals surface area contributed by atoms with Crippen LogP contribution in [0.4, 0.5) is 4.79 Å². The normalized spacial score (nSPS) is 17.0. The maximum absolute atomic E-state index is 12.0. The molecule has 0 heterocycles. The summed E-state index contributed by atoms with van der Waals surface area (Å²) in [5, 5.41) is 11.3. The van der Waals surface area contributed by atoms with Gasteiger partial charge in [-0.15, -0.1) is 0 Å². The number of nitrogens with one attached hydrogen (secondary N) is 1. The van der Waals surface area contributed by atoms with Crippen molar-refractivity contribution in [3.8, 4) is 0 Å². The number of carbonyl (C=O) groups is 3. The van der Waals surface area contributed by atoms with E-state index in [-0.39, 0.29) is 24.8 Å². The van der Waals surface area contributed by atoms with E-state index in [4.69, 9.17) is 5.11 Å². The molecule has 0 saturated heterocycles. The van der Waals surface area contributed by atoms with Gasteiger partial charge in [-0.25, -0.2) is 4.79 Å². The molecule has 6 nitrogen and oxygen atoms in total. The van der Waals surface area contributed by atoms with Gasteiger partial charge in [-0.3, -0.25) is 14.9 Å². The minimum Gasteiger partial charge on any atom is -0.481 e. The highest BCUT2D eigenvalue weighted by molar-refractivity contribution is 5.94. The first-order valence-corrected chi connectivity index (χ1v) is 7.04. The fraction of sp³-hybridized carbons (Fsp3) is 0.786. The average Bonchev–Trinajstić information content (AvgIpc) is 2.74. The lowest BCUT2D eigenvalue weighted by molar-refractivity contribution is -0.140. The molecule has 1 saturated carbocycles. The Balaban J connectivity index is 2.59. The van der Waals surface area contributed by atoms with Gasteiger partial charge < -0.3 is 10.0 Å². The Kier molecular flexibility index (Phi) is 5.53. The molecule has 1 fully saturated rings. The summed E-state index contributed by atoms with van der Waals surface area (Å²) in [4.78, 5) is 36.1. The molecule has 0 radical (unpaired) electrons. The predicted molar refractivity (Wildman–Crippen MR) is 74.2 cm³/mol. The molecule has 0 aliphatic heterocycles. The van der Waals surface area contributed by atoms with Crippen LogP contribution in [0.15, 0.2) is 0 Å². The van der Waals surface area contributed by atoms with Gasteiger partial charge in [0.2, 0.25) is 5.91 Å². The molecule has 1 aliphatic carbocycles. The van der Waals surface area contributed by atoms with Crippen LogP contribution in [0.25, 0.3) is 0 Å². The van der Waals surface area contributed by atoms with E-state index in [1.54, 1.807) is 7.05 Å². The van der Waals surface area contributed by atoms with Crippen LogP contribution in [0.3, 0.4) is 0 Å². The number of nitrogens with zero attached hydrogens (tertiary/aromatic N) is 1. The SMILES string of the molecule is CC(C)N(C)C(=O)NC(=O)CC1(CC(=O)O)CCCC1. The van der Waals surface area contributed by atoms with Crippen molar-refractivity contribution in [1.82, 2.24) is 10.2 Å². The predicted octanol–water partition coefficient (Wildman–Crippen LogP) is 1.99. The van der Waals surface area contributed by atoms with Gasteiger partial charge in [0, 0.05) is 19.5 Å². The van der Waals surface area contributed by atoms with Crippen LogP contribution in [0, 0.1) is 5.41 Å². The van der Waals surface area contributed by atoms with E-state index in [0.717, 1.165) is 25.7 Å². The van der Waals surface area contributed by atoms with Crippen molar-refractivity contribution >= 4 is 17.9 Å². The highest BCUT2D eigenvalue weighted by atomic mass is 16.4. The van der Waals surface area contributed by atoms with Gasteiger partial charge in [0.1, 0.15) is 0 Å². The monoisotopic (exact) mass is 284 g/mol. The highest BCUT2D eigenvalue weighted by Gasteiger charge is 2.38. The van der Waals surface area contributed by atoms with Crippen molar-refractivity contribution in [2.75, 3.05) is 7.05 Å². The molecule has 0 aromatic rings. The third kappa shape index (κ3) is 4.51. The molecular weight excluding hydrogens is 260 g/mol. The third-order valence-electron chi connectivity index (χ3n) is 4.07. The molecule has 0 bridgehead atoms. The molecule has 0 spiro atoms. The molecule has 1 aliphatic rings. The molecular formula is C14H24N2O4. The van der Waals surface area contributed by atoms with E-state index >= 15 is 0 Å². The Labute approximate surface area is 119 Å². The Bertz CT molecular complexity index is 387. The fourth-order valence-corrected chi connectivity index (χ4v) is 2.69. The second kappa shape index (κ2) is 6.72. The lowest BCUT2D eigenvalue weighted by Gasteiger charge is -2.27. The summed E-state index contributed by atoms with van der Waals surface area (Å²) in [5.74, 6) is -1.27. The minimum absolute atomic E-state index is 0.00209. The van der Waals surface area contributed by atoms with E-state index in [9.17, 15) is 14.4 Å². The topological polar surface area (TPSA) is 86.7 Å². The summed E-state index contributed by atoms with van der Waals surface area (Å²) in [7, 11) is 1.62. The second-order valence-electron chi connectivity index (χ2n) is 6.01. The minimum atomic E-state index is -0.884. The second-order valence-corrected chi connectivity index (χ2v) is 6.01. The number of rotatable bonds is 5. The van der Waals surface area contributed by atoms with Gasteiger partial charge in [0.05, 0.1) is 6.42 Å². The summed E-state index contributed by atoms with van der Waals surface area (Å²) in [6, 6.07) is -0.435. The summed E-state index contributed by atoms with van der Waals surface area (Å²) >= 11 is 0. The molecule has 6 heteroatoms. The number of hydrogen-bond acceptors (Lipinski definition) is 3. The van der Waals surface area contributed by atoms with Crippen molar-refractivity contribution in [2.45, 2.75) is 58.4 Å². The van der Waals surface area contributed by atoms with Gasteiger partial charge in [-0.2, -0.15) is 0 Å². The quantitative estimate of drug-likeness (QED) is 0.808. The van der Waals surface area contributed by atoms with Gasteiger partial charge in [-0.1, -0.05) is 12.8 Å². The number of carboxylic acids is 1. The van der Waals surface area contributed by atoms with Gasteiger partial charge in [0.15, 0.2) is 0 Å². The van der Waals surface area contributed by atoms with Gasteiger partial charge in [-0.05, 0) is 32.1 Å². The molecule has 114 valence electrons. The number of urea groups is 1. The maximum atomic E-state index is 12.0. The number of amides is 3. The molecule has 1 rings (SSSR count). The summed E-state index contributed by atoms with van der Waals surface area (Å²) < 4.78 is 0. The third-order valence-corrected chi connectivity index (χ3v) is 4.07. The summed E-state index contributed by atoms with van der Waals surface area (Å²) in [6.07, 6.45) is 3.47. The van der Waals surface area contributed by atoms with Crippen LogP contribution >= 0.6 is 0 Å². The maximum Gasteiger partial charge on any atom is 0.324 e. The number of imide groups is 1. The van der Waals surface area contributed by atoms with E-state index < -0.39 is 17.4 Å². The van der Waals surface area contributed by atoms with Crippen LogP contribution in [-0.4, -0.2) is 41.0 Å². The first-order valence-electron chi connectivity index (χ1n) is 7.04. The number of hydrogen-bond donors (Lipinski definition) is 2.